The van der Waals surface area contributed by atoms with Crippen LogP contribution in [0.25, 0.3) is 25.7 Å². The van der Waals surface area contributed by atoms with Gasteiger partial charge >= 0.3 is 0 Å². The van der Waals surface area contributed by atoms with Gasteiger partial charge in [-0.1, -0.05) is 47.6 Å². The second-order valence-corrected chi connectivity index (χ2v) is 8.98. The van der Waals surface area contributed by atoms with E-state index in [1.807, 2.05) is 12.1 Å². The molecule has 128 valence electrons. The van der Waals surface area contributed by atoms with Crippen molar-refractivity contribution in [2.24, 2.45) is 0 Å². The van der Waals surface area contributed by atoms with E-state index in [9.17, 15) is 0 Å². The number of piperidine rings is 1. The van der Waals surface area contributed by atoms with E-state index in [-0.39, 0.29) is 0 Å². The third-order valence-corrected chi connectivity index (χ3v) is 7.36. The first-order valence-corrected chi connectivity index (χ1v) is 10.5. The van der Waals surface area contributed by atoms with E-state index in [1.165, 1.54) is 41.9 Å². The van der Waals surface area contributed by atoms with E-state index in [1.54, 1.807) is 22.7 Å². The van der Waals surface area contributed by atoms with Crippen LogP contribution in [-0.2, 0) is 6.54 Å². The van der Waals surface area contributed by atoms with Crippen molar-refractivity contribution in [1.82, 2.24) is 19.5 Å². The number of hydrogen-bond donors (Lipinski definition) is 0. The summed E-state index contributed by atoms with van der Waals surface area (Å²) < 4.78 is 3.28. The maximum atomic E-state index is 6.64. The van der Waals surface area contributed by atoms with Crippen LogP contribution in [0.3, 0.4) is 0 Å². The molecule has 25 heavy (non-hydrogen) atoms. The highest BCUT2D eigenvalue weighted by Crippen LogP contribution is 2.41. The summed E-state index contributed by atoms with van der Waals surface area (Å²) in [6, 6.07) is 8.22. The van der Waals surface area contributed by atoms with Gasteiger partial charge in [-0.3, -0.25) is 9.30 Å². The second-order valence-electron chi connectivity index (χ2n) is 6.45. The lowest BCUT2D eigenvalue weighted by molar-refractivity contribution is 0.222. The molecule has 1 fully saturated rings. The average Bonchev–Trinajstić information content (AvgIpc) is 3.29. The number of likely N-dealkylation sites (tertiary alicyclic amines) is 1. The fourth-order valence-electron chi connectivity index (χ4n) is 3.47. The van der Waals surface area contributed by atoms with Gasteiger partial charge in [-0.25, -0.2) is 0 Å². The van der Waals surface area contributed by atoms with Crippen LogP contribution in [0.1, 0.15) is 24.1 Å². The van der Waals surface area contributed by atoms with Gasteiger partial charge in [-0.2, -0.15) is 0 Å². The van der Waals surface area contributed by atoms with E-state index in [0.717, 1.165) is 32.6 Å². The topological polar surface area (TPSA) is 33.4 Å². The summed E-state index contributed by atoms with van der Waals surface area (Å²) in [6.45, 7) is 3.41. The Morgan fingerprint density at radius 2 is 1.88 bits per heavy atom. The van der Waals surface area contributed by atoms with Gasteiger partial charge in [0.05, 0.1) is 9.90 Å². The molecule has 1 aliphatic rings. The smallest absolute Gasteiger partial charge is 0.216 e. The van der Waals surface area contributed by atoms with Gasteiger partial charge in [0, 0.05) is 27.7 Å². The highest BCUT2D eigenvalue weighted by Gasteiger charge is 2.19. The van der Waals surface area contributed by atoms with Crippen molar-refractivity contribution in [3.63, 3.8) is 0 Å². The van der Waals surface area contributed by atoms with Crippen LogP contribution in [0.5, 0.6) is 0 Å². The molecule has 0 radical (unpaired) electrons. The van der Waals surface area contributed by atoms with Gasteiger partial charge in [0.2, 0.25) is 4.96 Å². The van der Waals surface area contributed by atoms with E-state index >= 15 is 0 Å². The molecule has 1 aromatic carbocycles. The highest BCUT2D eigenvalue weighted by molar-refractivity contribution is 7.23. The summed E-state index contributed by atoms with van der Waals surface area (Å²) in [4.78, 5) is 5.81. The molecule has 5 rings (SSSR count). The first-order chi connectivity index (χ1) is 12.3. The number of hydrogen-bond acceptors (Lipinski definition) is 5. The Morgan fingerprint density at radius 1 is 1.04 bits per heavy atom. The predicted molar refractivity (Wildman–Crippen MR) is 106 cm³/mol. The van der Waals surface area contributed by atoms with Gasteiger partial charge < -0.3 is 0 Å². The molecule has 4 heterocycles. The van der Waals surface area contributed by atoms with Crippen molar-refractivity contribution >= 4 is 49.3 Å². The minimum atomic E-state index is 0.777. The highest BCUT2D eigenvalue weighted by atomic mass is 35.5. The summed E-state index contributed by atoms with van der Waals surface area (Å²) in [5.74, 6) is 0.849. The van der Waals surface area contributed by atoms with E-state index in [2.05, 4.69) is 37.8 Å². The second kappa shape index (κ2) is 6.36. The molecule has 4 aromatic rings. The van der Waals surface area contributed by atoms with Crippen molar-refractivity contribution in [3.8, 4) is 10.7 Å². The molecular formula is C18H17ClN4S2. The monoisotopic (exact) mass is 388 g/mol. The lowest BCUT2D eigenvalue weighted by atomic mass is 10.1. The third kappa shape index (κ3) is 2.77. The molecule has 0 bridgehead atoms. The Balaban J connectivity index is 1.53. The Hall–Kier alpha value is -1.47. The number of rotatable bonds is 3. The fraction of sp³-hybridized carbons (Fsp3) is 0.333. The average molecular weight is 389 g/mol. The summed E-state index contributed by atoms with van der Waals surface area (Å²) in [6.07, 6.45) is 6.17. The number of nitrogens with zero attached hydrogens (tertiary/aromatic N) is 4. The SMILES string of the molecule is Clc1c(-c2nnc3sc(CN4CCCCC4)cn23)sc2ccccc12. The third-order valence-electron chi connectivity index (χ3n) is 4.73. The Morgan fingerprint density at radius 3 is 2.72 bits per heavy atom. The minimum absolute atomic E-state index is 0.777. The first kappa shape index (κ1) is 15.8. The Kier molecular flexibility index (Phi) is 4.01. The number of aromatic nitrogens is 3. The van der Waals surface area contributed by atoms with Gasteiger partial charge in [-0.05, 0) is 32.0 Å². The summed E-state index contributed by atoms with van der Waals surface area (Å²) in [7, 11) is 0. The number of thiophene rings is 1. The number of benzene rings is 1. The summed E-state index contributed by atoms with van der Waals surface area (Å²) in [5.41, 5.74) is 0. The van der Waals surface area contributed by atoms with E-state index < -0.39 is 0 Å². The van der Waals surface area contributed by atoms with Crippen LogP contribution in [0.2, 0.25) is 5.02 Å². The van der Waals surface area contributed by atoms with Crippen LogP contribution >= 0.6 is 34.3 Å². The number of thiazole rings is 1. The largest absolute Gasteiger partial charge is 0.298 e. The quantitative estimate of drug-likeness (QED) is 0.476. The van der Waals surface area contributed by atoms with Crippen LogP contribution in [-0.4, -0.2) is 32.6 Å². The lowest BCUT2D eigenvalue weighted by Gasteiger charge is -2.25. The molecule has 0 atom stereocenters. The van der Waals surface area contributed by atoms with Crippen LogP contribution in [0, 0.1) is 0 Å². The first-order valence-electron chi connectivity index (χ1n) is 8.53. The number of halogens is 1. The predicted octanol–water partition coefficient (Wildman–Crippen LogP) is 5.31. The maximum absolute atomic E-state index is 6.64. The molecule has 0 aliphatic carbocycles. The van der Waals surface area contributed by atoms with Crippen molar-refractivity contribution in [1.29, 1.82) is 0 Å². The summed E-state index contributed by atoms with van der Waals surface area (Å²) >= 11 is 10.0. The fourth-order valence-corrected chi connectivity index (χ4v) is 5.93. The molecule has 1 saturated heterocycles. The molecule has 1 aliphatic heterocycles. The lowest BCUT2D eigenvalue weighted by Crippen LogP contribution is -2.28. The van der Waals surface area contributed by atoms with Gasteiger partial charge in [-0.15, -0.1) is 21.5 Å². The standard InChI is InChI=1S/C18H17ClN4S2/c19-15-13-6-2-3-7-14(13)25-16(15)17-20-21-18-23(17)11-12(24-18)10-22-8-4-1-5-9-22/h2-3,6-7,11H,1,4-5,8-10H2. The minimum Gasteiger partial charge on any atom is -0.298 e. The van der Waals surface area contributed by atoms with Gasteiger partial charge in [0.25, 0.3) is 0 Å². The van der Waals surface area contributed by atoms with Crippen molar-refractivity contribution in [2.45, 2.75) is 25.8 Å². The van der Waals surface area contributed by atoms with Gasteiger partial charge in [0.1, 0.15) is 0 Å². The molecule has 0 saturated carbocycles. The zero-order valence-electron chi connectivity index (χ0n) is 13.6. The zero-order chi connectivity index (χ0) is 16.8. The molecule has 4 nitrogen and oxygen atoms in total. The van der Waals surface area contributed by atoms with Crippen molar-refractivity contribution in [3.05, 3.63) is 40.4 Å². The van der Waals surface area contributed by atoms with E-state index in [4.69, 9.17) is 11.6 Å². The molecule has 0 spiro atoms. The van der Waals surface area contributed by atoms with Crippen LogP contribution < -0.4 is 0 Å². The normalized spacial score (nSPS) is 16.2. The van der Waals surface area contributed by atoms with E-state index in [0.29, 0.717) is 0 Å². The maximum Gasteiger partial charge on any atom is 0.216 e. The Labute approximate surface area is 158 Å². The number of fused-ring (bicyclic) bond motifs is 2. The molecule has 0 unspecified atom stereocenters. The van der Waals surface area contributed by atoms with Crippen molar-refractivity contribution < 1.29 is 0 Å². The summed E-state index contributed by atoms with van der Waals surface area (Å²) in [5, 5.41) is 10.7. The van der Waals surface area contributed by atoms with Crippen LogP contribution in [0.4, 0.5) is 0 Å². The molecular weight excluding hydrogens is 372 g/mol. The van der Waals surface area contributed by atoms with Crippen molar-refractivity contribution in [2.75, 3.05) is 13.1 Å². The molecule has 0 amide bonds. The van der Waals surface area contributed by atoms with Crippen LogP contribution in [0.15, 0.2) is 30.5 Å². The molecule has 0 N–H and O–H groups in total. The Bertz CT molecular complexity index is 1040. The van der Waals surface area contributed by atoms with Gasteiger partial charge in [0.15, 0.2) is 5.82 Å². The zero-order valence-corrected chi connectivity index (χ0v) is 16.0. The molecule has 3 aromatic heterocycles. The molecule has 7 heteroatoms.